The summed E-state index contributed by atoms with van der Waals surface area (Å²) in [5, 5.41) is 8.16. The van der Waals surface area contributed by atoms with Crippen LogP contribution in [0.5, 0.6) is 17.2 Å². The molecule has 8 heteroatoms. The number of hydrogen-bond acceptors (Lipinski definition) is 6. The van der Waals surface area contributed by atoms with E-state index in [-0.39, 0.29) is 17.8 Å². The number of ether oxygens (including phenoxy) is 3. The predicted octanol–water partition coefficient (Wildman–Crippen LogP) is 3.34. The van der Waals surface area contributed by atoms with Crippen LogP contribution in [-0.2, 0) is 6.54 Å². The molecule has 168 valence electrons. The van der Waals surface area contributed by atoms with Crippen molar-refractivity contribution in [2.45, 2.75) is 6.54 Å². The Labute approximate surface area is 190 Å². The summed E-state index contributed by atoms with van der Waals surface area (Å²) in [6.45, 7) is 0.156. The summed E-state index contributed by atoms with van der Waals surface area (Å²) in [6.07, 6.45) is 0. The van der Waals surface area contributed by atoms with Crippen LogP contribution in [0.25, 0.3) is 16.5 Å². The van der Waals surface area contributed by atoms with Crippen molar-refractivity contribution in [3.63, 3.8) is 0 Å². The van der Waals surface area contributed by atoms with Crippen molar-refractivity contribution in [2.24, 2.45) is 0 Å². The highest BCUT2D eigenvalue weighted by Gasteiger charge is 2.19. The second-order valence-electron chi connectivity index (χ2n) is 7.15. The number of nitrogens with one attached hydrogen (secondary N) is 1. The van der Waals surface area contributed by atoms with Crippen molar-refractivity contribution in [1.82, 2.24) is 15.1 Å². The Morgan fingerprint density at radius 2 is 1.45 bits per heavy atom. The molecule has 0 aliphatic rings. The third kappa shape index (κ3) is 4.23. The molecule has 1 amide bonds. The number of carbonyl (C=O) groups excluding carboxylic acids is 1. The number of benzene rings is 3. The van der Waals surface area contributed by atoms with E-state index < -0.39 is 5.91 Å². The fourth-order valence-corrected chi connectivity index (χ4v) is 3.59. The maximum Gasteiger partial charge on any atom is 0.279 e. The van der Waals surface area contributed by atoms with Gasteiger partial charge in [0.1, 0.15) is 5.75 Å². The average molecular weight is 445 g/mol. The minimum Gasteiger partial charge on any atom is -0.496 e. The Balaban J connectivity index is 1.72. The Morgan fingerprint density at radius 3 is 2.12 bits per heavy atom. The molecular formula is C25H23N3O5. The van der Waals surface area contributed by atoms with Gasteiger partial charge in [-0.2, -0.15) is 9.78 Å². The molecule has 0 bridgehead atoms. The number of rotatable bonds is 7. The molecule has 8 nitrogen and oxygen atoms in total. The number of fused-ring (bicyclic) bond motifs is 1. The molecule has 0 fully saturated rings. The first-order valence-electron chi connectivity index (χ1n) is 10.2. The number of aromatic nitrogens is 2. The van der Waals surface area contributed by atoms with Crippen LogP contribution in [0.1, 0.15) is 16.1 Å². The highest BCUT2D eigenvalue weighted by atomic mass is 16.5. The van der Waals surface area contributed by atoms with Crippen molar-refractivity contribution in [1.29, 1.82) is 0 Å². The molecule has 0 spiro atoms. The van der Waals surface area contributed by atoms with E-state index in [0.717, 1.165) is 0 Å². The van der Waals surface area contributed by atoms with E-state index in [1.807, 2.05) is 18.2 Å². The maximum atomic E-state index is 13.2. The molecule has 0 aliphatic heterocycles. The van der Waals surface area contributed by atoms with Gasteiger partial charge in [0, 0.05) is 23.6 Å². The summed E-state index contributed by atoms with van der Waals surface area (Å²) in [5.41, 5.74) is 1.12. The number of amides is 1. The molecule has 0 radical (unpaired) electrons. The maximum absolute atomic E-state index is 13.2. The van der Waals surface area contributed by atoms with Gasteiger partial charge in [0.2, 0.25) is 0 Å². The molecule has 0 unspecified atom stereocenters. The Morgan fingerprint density at radius 1 is 0.848 bits per heavy atom. The molecule has 0 atom stereocenters. The summed E-state index contributed by atoms with van der Waals surface area (Å²) >= 11 is 0. The minimum atomic E-state index is -0.423. The average Bonchev–Trinajstić information content (AvgIpc) is 2.87. The molecule has 1 N–H and O–H groups in total. The van der Waals surface area contributed by atoms with Crippen molar-refractivity contribution >= 4 is 16.7 Å². The zero-order chi connectivity index (χ0) is 23.4. The third-order valence-corrected chi connectivity index (χ3v) is 5.25. The molecule has 0 saturated heterocycles. The zero-order valence-corrected chi connectivity index (χ0v) is 18.5. The van der Waals surface area contributed by atoms with Gasteiger partial charge in [-0.3, -0.25) is 9.59 Å². The topological polar surface area (TPSA) is 91.7 Å². The summed E-state index contributed by atoms with van der Waals surface area (Å²) in [6, 6.07) is 19.4. The van der Waals surface area contributed by atoms with Crippen LogP contribution in [0.3, 0.4) is 0 Å². The first-order valence-corrected chi connectivity index (χ1v) is 10.2. The summed E-state index contributed by atoms with van der Waals surface area (Å²) in [5.74, 6) is 1.16. The second-order valence-corrected chi connectivity index (χ2v) is 7.15. The molecule has 1 aromatic heterocycles. The monoisotopic (exact) mass is 445 g/mol. The summed E-state index contributed by atoms with van der Waals surface area (Å²) < 4.78 is 17.4. The summed E-state index contributed by atoms with van der Waals surface area (Å²) in [4.78, 5) is 26.2. The minimum absolute atomic E-state index is 0.147. The van der Waals surface area contributed by atoms with Crippen molar-refractivity contribution in [3.05, 3.63) is 88.3 Å². The first kappa shape index (κ1) is 21.9. The lowest BCUT2D eigenvalue weighted by Crippen LogP contribution is -2.30. The van der Waals surface area contributed by atoms with Crippen LogP contribution in [0, 0.1) is 0 Å². The van der Waals surface area contributed by atoms with E-state index >= 15 is 0 Å². The highest BCUT2D eigenvalue weighted by molar-refractivity contribution is 6.04. The molecule has 3 aromatic carbocycles. The van der Waals surface area contributed by atoms with Gasteiger partial charge in [0.15, 0.2) is 17.2 Å². The number of para-hydroxylation sites is 1. The molecule has 0 saturated carbocycles. The second kappa shape index (κ2) is 9.44. The first-order chi connectivity index (χ1) is 16.1. The van der Waals surface area contributed by atoms with E-state index in [2.05, 4.69) is 10.4 Å². The van der Waals surface area contributed by atoms with Gasteiger partial charge in [-0.05, 0) is 24.3 Å². The van der Waals surface area contributed by atoms with Crippen LogP contribution in [-0.4, -0.2) is 37.0 Å². The lowest BCUT2D eigenvalue weighted by atomic mass is 10.1. The quantitative estimate of drug-likeness (QED) is 0.469. The van der Waals surface area contributed by atoms with Gasteiger partial charge in [-0.1, -0.05) is 36.4 Å². The highest BCUT2D eigenvalue weighted by Crippen LogP contribution is 2.34. The van der Waals surface area contributed by atoms with Crippen molar-refractivity contribution in [3.8, 4) is 22.9 Å². The standard InChI is InChI=1S/C25H23N3O5/c1-31-20-14-22(33-3)21(32-2)13-16(20)15-26-24(29)23-18-11-7-8-12-19(18)25(30)28(27-23)17-9-5-4-6-10-17/h4-14H,15H2,1-3H3,(H,26,29). The van der Waals surface area contributed by atoms with Gasteiger partial charge in [0.05, 0.1) is 32.4 Å². The number of nitrogens with zero attached hydrogens (tertiary/aromatic N) is 2. The van der Waals surface area contributed by atoms with E-state index in [4.69, 9.17) is 14.2 Å². The van der Waals surface area contributed by atoms with Gasteiger partial charge in [-0.25, -0.2) is 0 Å². The number of hydrogen-bond donors (Lipinski definition) is 1. The Bertz CT molecular complexity index is 1370. The largest absolute Gasteiger partial charge is 0.496 e. The fourth-order valence-electron chi connectivity index (χ4n) is 3.59. The smallest absolute Gasteiger partial charge is 0.279 e. The molecule has 0 aliphatic carbocycles. The van der Waals surface area contributed by atoms with E-state index in [1.165, 1.54) is 26.0 Å². The Hall–Kier alpha value is -4.33. The van der Waals surface area contributed by atoms with Gasteiger partial charge in [-0.15, -0.1) is 0 Å². The predicted molar refractivity (Wildman–Crippen MR) is 125 cm³/mol. The molecule has 4 rings (SSSR count). The van der Waals surface area contributed by atoms with Crippen LogP contribution in [0.15, 0.2) is 71.5 Å². The van der Waals surface area contributed by atoms with Crippen molar-refractivity contribution < 1.29 is 19.0 Å². The number of carbonyl (C=O) groups is 1. The molecular weight excluding hydrogens is 422 g/mol. The lowest BCUT2D eigenvalue weighted by molar-refractivity contribution is 0.0946. The van der Waals surface area contributed by atoms with Gasteiger partial charge < -0.3 is 19.5 Å². The van der Waals surface area contributed by atoms with Crippen molar-refractivity contribution in [2.75, 3.05) is 21.3 Å². The van der Waals surface area contributed by atoms with E-state index in [1.54, 1.807) is 48.5 Å². The normalized spacial score (nSPS) is 10.6. The molecule has 4 aromatic rings. The Kier molecular flexibility index (Phi) is 6.26. The van der Waals surface area contributed by atoms with Gasteiger partial charge >= 0.3 is 0 Å². The van der Waals surface area contributed by atoms with Crippen LogP contribution in [0.2, 0.25) is 0 Å². The molecule has 1 heterocycles. The van der Waals surface area contributed by atoms with Crippen LogP contribution in [0.4, 0.5) is 0 Å². The number of methoxy groups -OCH3 is 3. The molecule has 33 heavy (non-hydrogen) atoms. The van der Waals surface area contributed by atoms with Crippen LogP contribution < -0.4 is 25.1 Å². The lowest BCUT2D eigenvalue weighted by Gasteiger charge is -2.15. The van der Waals surface area contributed by atoms with E-state index in [9.17, 15) is 9.59 Å². The van der Waals surface area contributed by atoms with E-state index in [0.29, 0.717) is 39.3 Å². The fraction of sp³-hybridized carbons (Fsp3) is 0.160. The third-order valence-electron chi connectivity index (χ3n) is 5.25. The van der Waals surface area contributed by atoms with Crippen LogP contribution >= 0.6 is 0 Å². The summed E-state index contributed by atoms with van der Waals surface area (Å²) in [7, 11) is 4.62. The SMILES string of the molecule is COc1cc(OC)c(OC)cc1CNC(=O)c1nn(-c2ccccc2)c(=O)c2ccccc12. The zero-order valence-electron chi connectivity index (χ0n) is 18.5. The van der Waals surface area contributed by atoms with Gasteiger partial charge in [0.25, 0.3) is 11.5 Å².